The maximum Gasteiger partial charge on any atom is 0.225 e. The second kappa shape index (κ2) is 8.85. The van der Waals surface area contributed by atoms with Crippen LogP contribution in [0.4, 0.5) is 11.4 Å². The Morgan fingerprint density at radius 1 is 1.16 bits per heavy atom. The van der Waals surface area contributed by atoms with Gasteiger partial charge in [0.25, 0.3) is 0 Å². The molecule has 2 rings (SSSR count). The number of anilines is 2. The SMILES string of the molecule is CC(C)(C)C(=O)NCCCC(=O)Nc1ccccc1N1CCOCC1. The number of nitrogens with one attached hydrogen (secondary N) is 2. The van der Waals surface area contributed by atoms with Gasteiger partial charge in [-0.05, 0) is 18.6 Å². The van der Waals surface area contributed by atoms with Gasteiger partial charge in [0.2, 0.25) is 11.8 Å². The zero-order valence-electron chi connectivity index (χ0n) is 15.4. The second-order valence-corrected chi connectivity index (χ2v) is 7.27. The van der Waals surface area contributed by atoms with Crippen LogP contribution in [0.2, 0.25) is 0 Å². The molecule has 6 heteroatoms. The number of amides is 2. The Balaban J connectivity index is 1.81. The molecule has 1 aromatic rings. The van der Waals surface area contributed by atoms with Gasteiger partial charge in [0.15, 0.2) is 0 Å². The van der Waals surface area contributed by atoms with Gasteiger partial charge in [-0.3, -0.25) is 9.59 Å². The van der Waals surface area contributed by atoms with Crippen LogP contribution in [0.1, 0.15) is 33.6 Å². The third kappa shape index (κ3) is 6.05. The van der Waals surface area contributed by atoms with Gasteiger partial charge < -0.3 is 20.3 Å². The molecule has 6 nitrogen and oxygen atoms in total. The molecule has 0 aromatic heterocycles. The summed E-state index contributed by atoms with van der Waals surface area (Å²) in [5.41, 5.74) is 1.45. The number of rotatable bonds is 6. The largest absolute Gasteiger partial charge is 0.378 e. The molecule has 138 valence electrons. The van der Waals surface area contributed by atoms with E-state index in [1.165, 1.54) is 0 Å². The van der Waals surface area contributed by atoms with Crippen LogP contribution in [0.3, 0.4) is 0 Å². The number of nitrogens with zero attached hydrogens (tertiary/aromatic N) is 1. The molecule has 0 spiro atoms. The number of carbonyl (C=O) groups is 2. The Morgan fingerprint density at radius 3 is 2.52 bits per heavy atom. The van der Waals surface area contributed by atoms with Gasteiger partial charge in [-0.15, -0.1) is 0 Å². The lowest BCUT2D eigenvalue weighted by Gasteiger charge is -2.30. The molecule has 0 atom stereocenters. The predicted molar refractivity (Wildman–Crippen MR) is 99.8 cm³/mol. The number of hydrogen-bond donors (Lipinski definition) is 2. The zero-order chi connectivity index (χ0) is 18.3. The molecule has 0 saturated carbocycles. The summed E-state index contributed by atoms with van der Waals surface area (Å²) in [5, 5.41) is 5.86. The van der Waals surface area contributed by atoms with Crippen molar-refractivity contribution < 1.29 is 14.3 Å². The molecule has 25 heavy (non-hydrogen) atoms. The minimum Gasteiger partial charge on any atom is -0.378 e. The average molecular weight is 347 g/mol. The Morgan fingerprint density at radius 2 is 1.84 bits per heavy atom. The lowest BCUT2D eigenvalue weighted by molar-refractivity contribution is -0.128. The molecule has 1 aliphatic heterocycles. The van der Waals surface area contributed by atoms with Crippen LogP contribution in [0, 0.1) is 5.41 Å². The summed E-state index contributed by atoms with van der Waals surface area (Å²) >= 11 is 0. The van der Waals surface area contributed by atoms with Crippen molar-refractivity contribution in [3.8, 4) is 0 Å². The van der Waals surface area contributed by atoms with E-state index in [1.54, 1.807) is 0 Å². The average Bonchev–Trinajstić information content (AvgIpc) is 2.59. The summed E-state index contributed by atoms with van der Waals surface area (Å²) in [4.78, 5) is 26.2. The summed E-state index contributed by atoms with van der Waals surface area (Å²) < 4.78 is 5.39. The molecular weight excluding hydrogens is 318 g/mol. The minimum absolute atomic E-state index is 0.00516. The third-order valence-corrected chi connectivity index (χ3v) is 4.08. The number of hydrogen-bond acceptors (Lipinski definition) is 4. The fourth-order valence-corrected chi connectivity index (χ4v) is 2.59. The summed E-state index contributed by atoms with van der Waals surface area (Å²) in [6.45, 7) is 9.18. The first-order valence-electron chi connectivity index (χ1n) is 8.88. The molecule has 0 radical (unpaired) electrons. The molecule has 0 unspecified atom stereocenters. The van der Waals surface area contributed by atoms with Crippen molar-refractivity contribution >= 4 is 23.2 Å². The number of carbonyl (C=O) groups excluding carboxylic acids is 2. The molecule has 2 N–H and O–H groups in total. The van der Waals surface area contributed by atoms with Gasteiger partial charge in [0, 0.05) is 31.5 Å². The van der Waals surface area contributed by atoms with E-state index in [4.69, 9.17) is 4.74 Å². The van der Waals surface area contributed by atoms with E-state index in [9.17, 15) is 9.59 Å². The molecule has 1 aromatic carbocycles. The van der Waals surface area contributed by atoms with E-state index in [0.29, 0.717) is 32.6 Å². The fourth-order valence-electron chi connectivity index (χ4n) is 2.59. The highest BCUT2D eigenvalue weighted by Crippen LogP contribution is 2.26. The second-order valence-electron chi connectivity index (χ2n) is 7.27. The molecule has 1 aliphatic rings. The van der Waals surface area contributed by atoms with Gasteiger partial charge >= 0.3 is 0 Å². The number of benzene rings is 1. The lowest BCUT2D eigenvalue weighted by Crippen LogP contribution is -2.36. The van der Waals surface area contributed by atoms with E-state index in [-0.39, 0.29) is 11.8 Å². The summed E-state index contributed by atoms with van der Waals surface area (Å²) in [5.74, 6) is -0.0312. The van der Waals surface area contributed by atoms with Crippen molar-refractivity contribution in [3.63, 3.8) is 0 Å². The number of para-hydroxylation sites is 2. The molecule has 2 amide bonds. The Labute approximate surface area is 149 Å². The van der Waals surface area contributed by atoms with Crippen LogP contribution < -0.4 is 15.5 Å². The van der Waals surface area contributed by atoms with Crippen LogP contribution in [0.15, 0.2) is 24.3 Å². The monoisotopic (exact) mass is 347 g/mol. The zero-order valence-corrected chi connectivity index (χ0v) is 15.4. The van der Waals surface area contributed by atoms with E-state index in [0.717, 1.165) is 24.5 Å². The third-order valence-electron chi connectivity index (χ3n) is 4.08. The van der Waals surface area contributed by atoms with Gasteiger partial charge in [-0.2, -0.15) is 0 Å². The normalized spacial score (nSPS) is 14.9. The summed E-state index contributed by atoms with van der Waals surface area (Å²) in [6.07, 6.45) is 0.995. The fraction of sp³-hybridized carbons (Fsp3) is 0.579. The van der Waals surface area contributed by atoms with Crippen LogP contribution in [-0.4, -0.2) is 44.7 Å². The Hall–Kier alpha value is -2.08. The predicted octanol–water partition coefficient (Wildman–Crippen LogP) is 2.40. The number of ether oxygens (including phenoxy) is 1. The highest BCUT2D eigenvalue weighted by atomic mass is 16.5. The molecular formula is C19H29N3O3. The quantitative estimate of drug-likeness (QED) is 0.775. The standard InChI is InChI=1S/C19H29N3O3/c1-19(2,3)18(24)20-10-6-9-17(23)21-15-7-4-5-8-16(15)22-11-13-25-14-12-22/h4-5,7-8H,6,9-14H2,1-3H3,(H,20,24)(H,21,23). The molecule has 0 aliphatic carbocycles. The van der Waals surface area contributed by atoms with Crippen molar-refractivity contribution in [2.45, 2.75) is 33.6 Å². The first-order chi connectivity index (χ1) is 11.9. The maximum atomic E-state index is 12.2. The Kier molecular flexibility index (Phi) is 6.82. The van der Waals surface area contributed by atoms with Crippen molar-refractivity contribution in [1.29, 1.82) is 0 Å². The van der Waals surface area contributed by atoms with E-state index < -0.39 is 5.41 Å². The smallest absolute Gasteiger partial charge is 0.225 e. The van der Waals surface area contributed by atoms with E-state index >= 15 is 0 Å². The van der Waals surface area contributed by atoms with E-state index in [2.05, 4.69) is 15.5 Å². The molecule has 0 bridgehead atoms. The summed E-state index contributed by atoms with van der Waals surface area (Å²) in [6, 6.07) is 7.83. The van der Waals surface area contributed by atoms with Crippen LogP contribution in [-0.2, 0) is 14.3 Å². The van der Waals surface area contributed by atoms with Crippen LogP contribution >= 0.6 is 0 Å². The van der Waals surface area contributed by atoms with Gasteiger partial charge in [-0.25, -0.2) is 0 Å². The summed E-state index contributed by atoms with van der Waals surface area (Å²) in [7, 11) is 0. The highest BCUT2D eigenvalue weighted by Gasteiger charge is 2.20. The van der Waals surface area contributed by atoms with Crippen LogP contribution in [0.5, 0.6) is 0 Å². The topological polar surface area (TPSA) is 70.7 Å². The maximum absolute atomic E-state index is 12.2. The molecule has 1 saturated heterocycles. The lowest BCUT2D eigenvalue weighted by atomic mass is 9.96. The minimum atomic E-state index is -0.403. The number of morpholine rings is 1. The van der Waals surface area contributed by atoms with Crippen molar-refractivity contribution in [1.82, 2.24) is 5.32 Å². The Bertz CT molecular complexity index is 590. The van der Waals surface area contributed by atoms with Crippen molar-refractivity contribution in [2.24, 2.45) is 5.41 Å². The first kappa shape index (κ1) is 19.2. The highest BCUT2D eigenvalue weighted by molar-refractivity contribution is 5.94. The van der Waals surface area contributed by atoms with Gasteiger partial charge in [0.1, 0.15) is 0 Å². The van der Waals surface area contributed by atoms with Gasteiger partial charge in [-0.1, -0.05) is 32.9 Å². The molecule has 1 fully saturated rings. The van der Waals surface area contributed by atoms with Crippen molar-refractivity contribution in [3.05, 3.63) is 24.3 Å². The van der Waals surface area contributed by atoms with Crippen molar-refractivity contribution in [2.75, 3.05) is 43.1 Å². The van der Waals surface area contributed by atoms with E-state index in [1.807, 2.05) is 45.0 Å². The van der Waals surface area contributed by atoms with Crippen LogP contribution in [0.25, 0.3) is 0 Å². The first-order valence-corrected chi connectivity index (χ1v) is 8.88. The van der Waals surface area contributed by atoms with Gasteiger partial charge in [0.05, 0.1) is 24.6 Å². The molecule has 1 heterocycles.